The van der Waals surface area contributed by atoms with E-state index in [1.54, 1.807) is 6.07 Å². The topological polar surface area (TPSA) is 35.5 Å². The maximum atomic E-state index is 10.8. The number of hydrogen-bond acceptors (Lipinski definition) is 3. The van der Waals surface area contributed by atoms with Gasteiger partial charge in [0.05, 0.1) is 12.2 Å². The van der Waals surface area contributed by atoms with Crippen molar-refractivity contribution in [3.8, 4) is 5.75 Å². The highest BCUT2D eigenvalue weighted by atomic mass is 16.5. The molecule has 0 radical (unpaired) electrons. The molecule has 0 heterocycles. The number of rotatable bonds is 7. The Morgan fingerprint density at radius 1 is 1.25 bits per heavy atom. The molecule has 0 unspecified atom stereocenters. The molecule has 0 bridgehead atoms. The van der Waals surface area contributed by atoms with Crippen LogP contribution in [0.2, 0.25) is 0 Å². The fourth-order valence-electron chi connectivity index (χ4n) is 1.41. The van der Waals surface area contributed by atoms with Crippen molar-refractivity contribution < 1.29 is 14.3 Å². The number of aryl methyl sites for hydroxylation is 1. The molecule has 0 saturated carbocycles. The zero-order chi connectivity index (χ0) is 11.8. The average Bonchev–Trinajstić information content (AvgIpc) is 2.30. The Balaban J connectivity index is 2.49. The lowest BCUT2D eigenvalue weighted by molar-refractivity contribution is 0.0989. The minimum atomic E-state index is 0.478. The summed E-state index contributed by atoms with van der Waals surface area (Å²) in [5.74, 6) is 0.664. The summed E-state index contributed by atoms with van der Waals surface area (Å²) in [7, 11) is 0. The summed E-state index contributed by atoms with van der Waals surface area (Å²) in [6.07, 6.45) is 1.82. The van der Waals surface area contributed by atoms with Gasteiger partial charge in [0.25, 0.3) is 0 Å². The molecule has 1 rings (SSSR count). The second-order valence-corrected chi connectivity index (χ2v) is 3.57. The average molecular weight is 222 g/mol. The third-order valence-corrected chi connectivity index (χ3v) is 2.19. The van der Waals surface area contributed by atoms with Crippen molar-refractivity contribution in [3.05, 3.63) is 29.3 Å². The van der Waals surface area contributed by atoms with Crippen molar-refractivity contribution in [2.24, 2.45) is 0 Å². The molecular weight excluding hydrogens is 204 g/mol. The Bertz CT molecular complexity index is 334. The third kappa shape index (κ3) is 3.66. The molecule has 0 spiro atoms. The van der Waals surface area contributed by atoms with Crippen LogP contribution in [0.5, 0.6) is 5.75 Å². The van der Waals surface area contributed by atoms with Crippen LogP contribution in [-0.2, 0) is 4.74 Å². The van der Waals surface area contributed by atoms with Gasteiger partial charge in [0.2, 0.25) is 0 Å². The van der Waals surface area contributed by atoms with Crippen molar-refractivity contribution in [3.63, 3.8) is 0 Å². The monoisotopic (exact) mass is 222 g/mol. The van der Waals surface area contributed by atoms with Gasteiger partial charge in [0.1, 0.15) is 12.4 Å². The minimum Gasteiger partial charge on any atom is -0.490 e. The molecule has 1 aromatic carbocycles. The van der Waals surface area contributed by atoms with Crippen molar-refractivity contribution in [1.82, 2.24) is 0 Å². The number of carbonyl (C=O) groups excluding carboxylic acids is 1. The lowest BCUT2D eigenvalue weighted by atomic mass is 10.1. The molecule has 0 aliphatic rings. The van der Waals surface area contributed by atoms with Crippen LogP contribution in [0.15, 0.2) is 18.2 Å². The number of para-hydroxylation sites is 1. The van der Waals surface area contributed by atoms with Crippen LogP contribution in [0, 0.1) is 6.92 Å². The molecule has 0 aliphatic carbocycles. The van der Waals surface area contributed by atoms with Crippen LogP contribution in [0.25, 0.3) is 0 Å². The van der Waals surface area contributed by atoms with E-state index >= 15 is 0 Å². The van der Waals surface area contributed by atoms with Gasteiger partial charge >= 0.3 is 0 Å². The van der Waals surface area contributed by atoms with E-state index in [1.165, 1.54) is 0 Å². The van der Waals surface area contributed by atoms with E-state index in [1.807, 2.05) is 19.1 Å². The number of ether oxygens (including phenoxy) is 2. The lowest BCUT2D eigenvalue weighted by Crippen LogP contribution is -2.09. The second-order valence-electron chi connectivity index (χ2n) is 3.57. The molecule has 16 heavy (non-hydrogen) atoms. The lowest BCUT2D eigenvalue weighted by Gasteiger charge is -2.11. The molecule has 0 aromatic heterocycles. The number of benzene rings is 1. The van der Waals surface area contributed by atoms with Crippen molar-refractivity contribution in [1.29, 1.82) is 0 Å². The third-order valence-electron chi connectivity index (χ3n) is 2.19. The molecular formula is C13H18O3. The van der Waals surface area contributed by atoms with Gasteiger partial charge in [0, 0.05) is 6.61 Å². The van der Waals surface area contributed by atoms with E-state index in [0.717, 1.165) is 24.9 Å². The first kappa shape index (κ1) is 12.7. The van der Waals surface area contributed by atoms with Crippen LogP contribution in [0.3, 0.4) is 0 Å². The highest BCUT2D eigenvalue weighted by molar-refractivity contribution is 5.80. The molecule has 0 fully saturated rings. The zero-order valence-electron chi connectivity index (χ0n) is 9.86. The largest absolute Gasteiger partial charge is 0.490 e. The van der Waals surface area contributed by atoms with Crippen LogP contribution in [0.4, 0.5) is 0 Å². The quantitative estimate of drug-likeness (QED) is 0.525. The molecule has 3 heteroatoms. The van der Waals surface area contributed by atoms with E-state index in [-0.39, 0.29) is 0 Å². The summed E-state index contributed by atoms with van der Waals surface area (Å²) in [6.45, 7) is 5.77. The standard InChI is InChI=1S/C13H18O3/c1-3-7-15-8-9-16-13-11(2)5-4-6-12(13)10-14/h4-6,10H,3,7-9H2,1-2H3. The van der Waals surface area contributed by atoms with Crippen LogP contribution in [0.1, 0.15) is 29.3 Å². The molecule has 0 amide bonds. The predicted octanol–water partition coefficient (Wildman–Crippen LogP) is 2.61. The zero-order valence-corrected chi connectivity index (χ0v) is 9.86. The van der Waals surface area contributed by atoms with Gasteiger partial charge < -0.3 is 9.47 Å². The van der Waals surface area contributed by atoms with E-state index in [0.29, 0.717) is 24.5 Å². The Hall–Kier alpha value is -1.35. The van der Waals surface area contributed by atoms with Gasteiger partial charge in [-0.05, 0) is 25.0 Å². The highest BCUT2D eigenvalue weighted by Crippen LogP contribution is 2.21. The Morgan fingerprint density at radius 3 is 2.75 bits per heavy atom. The summed E-state index contributed by atoms with van der Waals surface area (Å²) >= 11 is 0. The van der Waals surface area contributed by atoms with Gasteiger partial charge in [0.15, 0.2) is 6.29 Å². The van der Waals surface area contributed by atoms with E-state index in [9.17, 15) is 4.79 Å². The minimum absolute atomic E-state index is 0.478. The smallest absolute Gasteiger partial charge is 0.153 e. The predicted molar refractivity (Wildman–Crippen MR) is 63.2 cm³/mol. The highest BCUT2D eigenvalue weighted by Gasteiger charge is 2.05. The van der Waals surface area contributed by atoms with E-state index < -0.39 is 0 Å². The Morgan fingerprint density at radius 2 is 2.06 bits per heavy atom. The normalized spacial score (nSPS) is 10.1. The van der Waals surface area contributed by atoms with E-state index in [4.69, 9.17) is 9.47 Å². The van der Waals surface area contributed by atoms with Gasteiger partial charge in [-0.15, -0.1) is 0 Å². The Labute approximate surface area is 96.4 Å². The van der Waals surface area contributed by atoms with Gasteiger partial charge in [-0.3, -0.25) is 4.79 Å². The fraction of sp³-hybridized carbons (Fsp3) is 0.462. The molecule has 0 atom stereocenters. The summed E-state index contributed by atoms with van der Waals surface area (Å²) in [5.41, 5.74) is 1.57. The first-order valence-corrected chi connectivity index (χ1v) is 5.55. The molecule has 0 aliphatic heterocycles. The Kier molecular flexibility index (Phi) is 5.57. The molecule has 1 aromatic rings. The summed E-state index contributed by atoms with van der Waals surface area (Å²) in [5, 5.41) is 0. The van der Waals surface area contributed by atoms with E-state index in [2.05, 4.69) is 6.92 Å². The first-order valence-electron chi connectivity index (χ1n) is 5.55. The van der Waals surface area contributed by atoms with Crippen LogP contribution in [-0.4, -0.2) is 26.1 Å². The first-order chi connectivity index (χ1) is 7.79. The van der Waals surface area contributed by atoms with Crippen molar-refractivity contribution >= 4 is 6.29 Å². The van der Waals surface area contributed by atoms with Crippen LogP contribution < -0.4 is 4.74 Å². The number of hydrogen-bond donors (Lipinski definition) is 0. The summed E-state index contributed by atoms with van der Waals surface area (Å²) < 4.78 is 10.9. The van der Waals surface area contributed by atoms with Gasteiger partial charge in [-0.1, -0.05) is 19.1 Å². The van der Waals surface area contributed by atoms with Crippen molar-refractivity contribution in [2.75, 3.05) is 19.8 Å². The second kappa shape index (κ2) is 7.01. The molecule has 0 N–H and O–H groups in total. The summed E-state index contributed by atoms with van der Waals surface area (Å²) in [4.78, 5) is 10.8. The van der Waals surface area contributed by atoms with Gasteiger partial charge in [-0.25, -0.2) is 0 Å². The van der Waals surface area contributed by atoms with Crippen LogP contribution >= 0.6 is 0 Å². The molecule has 3 nitrogen and oxygen atoms in total. The SMILES string of the molecule is CCCOCCOc1c(C)cccc1C=O. The van der Waals surface area contributed by atoms with Crippen molar-refractivity contribution in [2.45, 2.75) is 20.3 Å². The maximum absolute atomic E-state index is 10.8. The molecule has 0 saturated heterocycles. The summed E-state index contributed by atoms with van der Waals surface area (Å²) in [6, 6.07) is 5.52. The maximum Gasteiger partial charge on any atom is 0.153 e. The number of carbonyl (C=O) groups is 1. The fourth-order valence-corrected chi connectivity index (χ4v) is 1.41. The number of aldehydes is 1. The van der Waals surface area contributed by atoms with Gasteiger partial charge in [-0.2, -0.15) is 0 Å². The molecule has 88 valence electrons.